The Labute approximate surface area is 99.4 Å². The Bertz CT molecular complexity index is 483. The van der Waals surface area contributed by atoms with Crippen molar-refractivity contribution in [3.8, 4) is 10.4 Å². The molecule has 1 aromatic heterocycles. The van der Waals surface area contributed by atoms with Crippen molar-refractivity contribution in [3.63, 3.8) is 0 Å². The van der Waals surface area contributed by atoms with E-state index in [1.165, 1.54) is 28.8 Å². The van der Waals surface area contributed by atoms with Crippen LogP contribution in [-0.2, 0) is 0 Å². The average Bonchev–Trinajstić information content (AvgIpc) is 3.07. The van der Waals surface area contributed by atoms with E-state index in [0.717, 1.165) is 11.0 Å². The topological polar surface area (TPSA) is 24.9 Å². The van der Waals surface area contributed by atoms with Crippen LogP contribution in [0.25, 0.3) is 10.4 Å². The summed E-state index contributed by atoms with van der Waals surface area (Å²) in [4.78, 5) is 5.52. The van der Waals surface area contributed by atoms with Gasteiger partial charge in [-0.25, -0.2) is 4.98 Å². The van der Waals surface area contributed by atoms with Gasteiger partial charge in [0.15, 0.2) is 5.13 Å². The Morgan fingerprint density at radius 3 is 2.56 bits per heavy atom. The van der Waals surface area contributed by atoms with E-state index in [9.17, 15) is 0 Å². The lowest BCUT2D eigenvalue weighted by Crippen LogP contribution is -1.83. The van der Waals surface area contributed by atoms with E-state index in [0.29, 0.717) is 0 Å². The number of rotatable bonds is 3. The quantitative estimate of drug-likeness (QED) is 0.869. The highest BCUT2D eigenvalue weighted by Gasteiger charge is 2.22. The molecular weight excluding hydrogens is 216 g/mol. The summed E-state index contributed by atoms with van der Waals surface area (Å²) < 4.78 is 0. The average molecular weight is 230 g/mol. The van der Waals surface area contributed by atoms with Crippen molar-refractivity contribution in [1.29, 1.82) is 0 Å². The molecule has 0 atom stereocenters. The first-order valence-electron chi connectivity index (χ1n) is 5.61. The molecule has 2 nitrogen and oxygen atoms in total. The molecule has 3 heteroatoms. The summed E-state index contributed by atoms with van der Waals surface area (Å²) in [5, 5.41) is 4.04. The minimum absolute atomic E-state index is 0.836. The van der Waals surface area contributed by atoms with Crippen molar-refractivity contribution in [2.24, 2.45) is 0 Å². The molecule has 0 amide bonds. The van der Waals surface area contributed by atoms with E-state index in [4.69, 9.17) is 0 Å². The second-order valence-corrected chi connectivity index (χ2v) is 5.21. The van der Waals surface area contributed by atoms with E-state index in [1.54, 1.807) is 11.3 Å². The minimum atomic E-state index is 0.836. The molecule has 2 aromatic rings. The molecule has 1 saturated carbocycles. The third-order valence-corrected chi connectivity index (χ3v) is 4.03. The Balaban J connectivity index is 1.87. The third-order valence-electron chi connectivity index (χ3n) is 2.96. The Kier molecular flexibility index (Phi) is 2.40. The van der Waals surface area contributed by atoms with Crippen LogP contribution in [0.15, 0.2) is 30.5 Å². The van der Waals surface area contributed by atoms with Gasteiger partial charge in [0, 0.05) is 13.2 Å². The molecule has 1 aromatic carbocycles. The maximum atomic E-state index is 4.29. The van der Waals surface area contributed by atoms with Gasteiger partial charge in [-0.3, -0.25) is 0 Å². The number of aromatic nitrogens is 1. The van der Waals surface area contributed by atoms with Gasteiger partial charge in [0.2, 0.25) is 0 Å². The fourth-order valence-electron chi connectivity index (χ4n) is 1.86. The Morgan fingerprint density at radius 1 is 1.25 bits per heavy atom. The Morgan fingerprint density at radius 2 is 2.00 bits per heavy atom. The van der Waals surface area contributed by atoms with Crippen LogP contribution in [0.1, 0.15) is 24.3 Å². The molecule has 1 fully saturated rings. The molecular formula is C13H14N2S. The van der Waals surface area contributed by atoms with Crippen LogP contribution in [0.5, 0.6) is 0 Å². The molecule has 0 aliphatic heterocycles. The second-order valence-electron chi connectivity index (χ2n) is 4.18. The van der Waals surface area contributed by atoms with Crippen LogP contribution in [-0.4, -0.2) is 12.0 Å². The van der Waals surface area contributed by atoms with Crippen LogP contribution in [0.3, 0.4) is 0 Å². The first kappa shape index (κ1) is 9.85. The first-order chi connectivity index (χ1) is 7.86. The number of nitrogens with zero attached hydrogens (tertiary/aromatic N) is 1. The van der Waals surface area contributed by atoms with Gasteiger partial charge in [0.1, 0.15) is 0 Å². The lowest BCUT2D eigenvalue weighted by atomic mass is 10.1. The van der Waals surface area contributed by atoms with Gasteiger partial charge in [-0.15, -0.1) is 0 Å². The second kappa shape index (κ2) is 3.91. The summed E-state index contributed by atoms with van der Waals surface area (Å²) in [6.07, 6.45) is 4.66. The van der Waals surface area contributed by atoms with Gasteiger partial charge in [0.05, 0.1) is 4.88 Å². The summed E-state index contributed by atoms with van der Waals surface area (Å²) in [5.74, 6) is 0.836. The minimum Gasteiger partial charge on any atom is -0.365 e. The number of nitrogens with one attached hydrogen (secondary N) is 1. The molecule has 3 rings (SSSR count). The number of benzene rings is 1. The van der Waals surface area contributed by atoms with E-state index < -0.39 is 0 Å². The summed E-state index contributed by atoms with van der Waals surface area (Å²) in [6.45, 7) is 0. The van der Waals surface area contributed by atoms with Crippen LogP contribution < -0.4 is 5.32 Å². The SMILES string of the molecule is CNc1ncc(-c2ccc(C3CC3)cc2)s1. The molecule has 1 aliphatic carbocycles. The van der Waals surface area contributed by atoms with E-state index in [1.807, 2.05) is 13.2 Å². The van der Waals surface area contributed by atoms with Gasteiger partial charge < -0.3 is 5.32 Å². The zero-order valence-corrected chi connectivity index (χ0v) is 10.1. The zero-order valence-electron chi connectivity index (χ0n) is 9.23. The van der Waals surface area contributed by atoms with Crippen LogP contribution in [0.4, 0.5) is 5.13 Å². The maximum absolute atomic E-state index is 4.29. The zero-order chi connectivity index (χ0) is 11.0. The molecule has 0 unspecified atom stereocenters. The standard InChI is InChI=1S/C13H14N2S/c1-14-13-15-8-12(16-13)11-6-4-10(5-7-11)9-2-3-9/h4-9H,2-3H2,1H3,(H,14,15). The number of anilines is 1. The summed E-state index contributed by atoms with van der Waals surface area (Å²) in [6, 6.07) is 8.93. The normalized spacial score (nSPS) is 15.1. The van der Waals surface area contributed by atoms with Crippen molar-refractivity contribution < 1.29 is 0 Å². The molecule has 16 heavy (non-hydrogen) atoms. The molecule has 1 heterocycles. The number of hydrogen-bond donors (Lipinski definition) is 1. The van der Waals surface area contributed by atoms with Crippen molar-refractivity contribution >= 4 is 16.5 Å². The molecule has 0 spiro atoms. The van der Waals surface area contributed by atoms with Crippen molar-refractivity contribution in [2.75, 3.05) is 12.4 Å². The number of hydrogen-bond acceptors (Lipinski definition) is 3. The molecule has 0 radical (unpaired) electrons. The summed E-state index contributed by atoms with van der Waals surface area (Å²) >= 11 is 1.69. The predicted octanol–water partition coefficient (Wildman–Crippen LogP) is 3.73. The van der Waals surface area contributed by atoms with Gasteiger partial charge in [0.25, 0.3) is 0 Å². The molecule has 0 saturated heterocycles. The fourth-order valence-corrected chi connectivity index (χ4v) is 2.63. The van der Waals surface area contributed by atoms with E-state index >= 15 is 0 Å². The van der Waals surface area contributed by atoms with Crippen LogP contribution in [0, 0.1) is 0 Å². The molecule has 1 N–H and O–H groups in total. The van der Waals surface area contributed by atoms with E-state index in [2.05, 4.69) is 34.6 Å². The smallest absolute Gasteiger partial charge is 0.182 e. The van der Waals surface area contributed by atoms with Gasteiger partial charge in [-0.1, -0.05) is 35.6 Å². The predicted molar refractivity (Wildman–Crippen MR) is 69.1 cm³/mol. The summed E-state index contributed by atoms with van der Waals surface area (Å²) in [7, 11) is 1.90. The first-order valence-corrected chi connectivity index (χ1v) is 6.42. The monoisotopic (exact) mass is 230 g/mol. The fraction of sp³-hybridized carbons (Fsp3) is 0.308. The van der Waals surface area contributed by atoms with Crippen LogP contribution >= 0.6 is 11.3 Å². The van der Waals surface area contributed by atoms with Crippen molar-refractivity contribution in [3.05, 3.63) is 36.0 Å². The van der Waals surface area contributed by atoms with Gasteiger partial charge >= 0.3 is 0 Å². The van der Waals surface area contributed by atoms with Crippen molar-refractivity contribution in [2.45, 2.75) is 18.8 Å². The summed E-state index contributed by atoms with van der Waals surface area (Å²) in [5.41, 5.74) is 2.76. The lowest BCUT2D eigenvalue weighted by Gasteiger charge is -2.00. The maximum Gasteiger partial charge on any atom is 0.182 e. The third kappa shape index (κ3) is 1.83. The van der Waals surface area contributed by atoms with Gasteiger partial charge in [-0.05, 0) is 29.9 Å². The molecule has 1 aliphatic rings. The van der Waals surface area contributed by atoms with Crippen LogP contribution in [0.2, 0.25) is 0 Å². The highest BCUT2D eigenvalue weighted by atomic mass is 32.1. The Hall–Kier alpha value is -1.35. The molecule has 82 valence electrons. The highest BCUT2D eigenvalue weighted by Crippen LogP contribution is 2.40. The van der Waals surface area contributed by atoms with Crippen molar-refractivity contribution in [1.82, 2.24) is 4.98 Å². The number of thiazole rings is 1. The van der Waals surface area contributed by atoms with E-state index in [-0.39, 0.29) is 0 Å². The largest absolute Gasteiger partial charge is 0.365 e. The molecule has 0 bridgehead atoms. The highest BCUT2D eigenvalue weighted by molar-refractivity contribution is 7.18. The van der Waals surface area contributed by atoms with Gasteiger partial charge in [-0.2, -0.15) is 0 Å². The lowest BCUT2D eigenvalue weighted by molar-refractivity contribution is 1.13.